The van der Waals surface area contributed by atoms with Crippen LogP contribution in [0.3, 0.4) is 0 Å². The third-order valence-corrected chi connectivity index (χ3v) is 19.5. The molecule has 490 valence electrons. The van der Waals surface area contributed by atoms with E-state index in [1.165, 1.54) is 28.5 Å². The van der Waals surface area contributed by atoms with Crippen molar-refractivity contribution in [1.29, 1.82) is 0 Å². The normalized spacial score (nSPS) is 26.2. The fourth-order valence-electron chi connectivity index (χ4n) is 13.5. The Hall–Kier alpha value is -6.81. The summed E-state index contributed by atoms with van der Waals surface area (Å²) >= 11 is 1.35. The quantitative estimate of drug-likeness (QED) is 0.0229. The van der Waals surface area contributed by atoms with Gasteiger partial charge in [0.2, 0.25) is 29.5 Å². The number of fused-ring (bicyclic) bond motifs is 4. The van der Waals surface area contributed by atoms with Crippen molar-refractivity contribution in [3.8, 4) is 0 Å². The number of nitrogens with one attached hydrogen (secondary N) is 4. The summed E-state index contributed by atoms with van der Waals surface area (Å²) in [5.41, 5.74) is 1.70. The molecule has 2 aromatic rings. The van der Waals surface area contributed by atoms with Gasteiger partial charge in [0.05, 0.1) is 50.0 Å². The van der Waals surface area contributed by atoms with E-state index in [2.05, 4.69) is 34.8 Å². The highest BCUT2D eigenvalue weighted by Crippen LogP contribution is 2.52. The molecule has 9 amide bonds. The summed E-state index contributed by atoms with van der Waals surface area (Å²) in [5, 5.41) is 29.6. The number of likely N-dealkylation sites (N-methyl/N-ethyl adjacent to an activating group) is 1. The highest BCUT2D eigenvalue weighted by molar-refractivity contribution is 8.00. The van der Waals surface area contributed by atoms with Crippen LogP contribution in [0.15, 0.2) is 48.8 Å². The lowest BCUT2D eigenvalue weighted by atomic mass is 9.59. The van der Waals surface area contributed by atoms with Crippen LogP contribution in [0.5, 0.6) is 0 Å². The molecule has 8 rings (SSSR count). The number of imide groups is 1. The van der Waals surface area contributed by atoms with E-state index < -0.39 is 66.9 Å². The smallest absolute Gasteiger partial charge is 0.410 e. The molecule has 26 nitrogen and oxygen atoms in total. The number of carbonyl (C=O) groups excluding carboxylic acids is 9. The van der Waals surface area contributed by atoms with Gasteiger partial charge in [-0.05, 0) is 125 Å². The van der Waals surface area contributed by atoms with Crippen molar-refractivity contribution in [1.82, 2.24) is 44.9 Å². The van der Waals surface area contributed by atoms with E-state index in [9.17, 15) is 53.4 Å². The number of likely N-dealkylation sites (tertiary alicyclic amines) is 2. The molecule has 6 fully saturated rings. The molecule has 4 aliphatic carbocycles. The lowest BCUT2D eigenvalue weighted by molar-refractivity contribution is -0.148. The van der Waals surface area contributed by atoms with E-state index in [-0.39, 0.29) is 136 Å². The van der Waals surface area contributed by atoms with Crippen LogP contribution in [-0.4, -0.2) is 214 Å². The molecule has 0 bridgehead atoms. The maximum Gasteiger partial charge on any atom is 0.410 e. The highest BCUT2D eigenvalue weighted by Gasteiger charge is 2.54. The summed E-state index contributed by atoms with van der Waals surface area (Å²) in [4.78, 5) is 129. The molecule has 6 N–H and O–H groups in total. The summed E-state index contributed by atoms with van der Waals surface area (Å²) in [5.74, 6) is -0.847. The molecule has 4 saturated carbocycles. The third kappa shape index (κ3) is 18.4. The minimum absolute atomic E-state index is 0.0300. The number of thioether (sulfide) groups is 1. The molecule has 2 aliphatic heterocycles. The Bertz CT molecular complexity index is 2860. The predicted octanol–water partition coefficient (Wildman–Crippen LogP) is 4.83. The first-order valence-corrected chi connectivity index (χ1v) is 32.5. The first kappa shape index (κ1) is 68.1. The number of nitrogens with zero attached hydrogens (tertiary/aromatic N) is 6. The number of aliphatic hydroxyl groups excluding tert-OH is 2. The van der Waals surface area contributed by atoms with Gasteiger partial charge < -0.3 is 74.3 Å². The van der Waals surface area contributed by atoms with Crippen LogP contribution in [0.25, 0.3) is 5.65 Å². The van der Waals surface area contributed by atoms with Gasteiger partial charge in [-0.2, -0.15) is 0 Å². The minimum Gasteiger partial charge on any atom is -0.449 e. The molecule has 27 heteroatoms. The molecule has 0 aromatic carbocycles. The van der Waals surface area contributed by atoms with Gasteiger partial charge in [0.15, 0.2) is 6.79 Å². The Morgan fingerprint density at radius 1 is 0.910 bits per heavy atom. The lowest BCUT2D eigenvalue weighted by Gasteiger charge is -2.50. The number of pyridine rings is 1. The number of imidazole rings is 1. The van der Waals surface area contributed by atoms with Crippen LogP contribution in [0.2, 0.25) is 0 Å². The van der Waals surface area contributed by atoms with E-state index in [0.29, 0.717) is 87.3 Å². The largest absolute Gasteiger partial charge is 0.449 e. The van der Waals surface area contributed by atoms with Crippen LogP contribution >= 0.6 is 11.8 Å². The zero-order chi connectivity index (χ0) is 63.7. The second-order valence-corrected chi connectivity index (χ2v) is 25.8. The molecule has 8 atom stereocenters. The third-order valence-electron chi connectivity index (χ3n) is 18.3. The molecule has 2 aromatic heterocycles. The Morgan fingerprint density at radius 3 is 2.43 bits per heavy atom. The van der Waals surface area contributed by atoms with Crippen LogP contribution in [0.1, 0.15) is 121 Å². The van der Waals surface area contributed by atoms with Gasteiger partial charge in [-0.3, -0.25) is 33.7 Å². The van der Waals surface area contributed by atoms with Crippen LogP contribution in [-0.2, 0) is 47.7 Å². The molecule has 89 heavy (non-hydrogen) atoms. The second-order valence-electron chi connectivity index (χ2n) is 24.5. The number of allylic oxidation sites excluding steroid dienone is 1. The number of rotatable bonds is 27. The minimum atomic E-state index is -1.24. The lowest BCUT2D eigenvalue weighted by Crippen LogP contribution is -2.54. The Balaban J connectivity index is 0.759. The zero-order valence-corrected chi connectivity index (χ0v) is 52.5. The van der Waals surface area contributed by atoms with Crippen LogP contribution < -0.4 is 21.3 Å². The molecule has 7 unspecified atom stereocenters. The average Bonchev–Trinajstić information content (AvgIpc) is 2.06. The zero-order valence-electron chi connectivity index (χ0n) is 51.7. The number of amides is 9. The summed E-state index contributed by atoms with van der Waals surface area (Å²) < 4.78 is 29.8. The maximum atomic E-state index is 14.5. The van der Waals surface area contributed by atoms with Gasteiger partial charge in [-0.1, -0.05) is 38.5 Å². The van der Waals surface area contributed by atoms with Gasteiger partial charge in [0.1, 0.15) is 30.2 Å². The molecular weight excluding hydrogens is 1170 g/mol. The van der Waals surface area contributed by atoms with E-state index in [4.69, 9.17) is 28.7 Å². The van der Waals surface area contributed by atoms with Gasteiger partial charge in [0.25, 0.3) is 5.91 Å². The first-order chi connectivity index (χ1) is 42.8. The fourth-order valence-corrected chi connectivity index (χ4v) is 14.6. The number of ether oxygens (including phenoxy) is 5. The molecule has 6 aliphatic rings. The van der Waals surface area contributed by atoms with Crippen molar-refractivity contribution in [2.45, 2.75) is 146 Å². The molecular formula is C62H90N10O16S. The number of aromatic nitrogens is 2. The maximum absolute atomic E-state index is 14.5. The van der Waals surface area contributed by atoms with Crippen molar-refractivity contribution in [2.75, 3.05) is 90.8 Å². The van der Waals surface area contributed by atoms with Crippen molar-refractivity contribution in [2.24, 2.45) is 35.5 Å². The summed E-state index contributed by atoms with van der Waals surface area (Å²) in [6.45, 7) is 9.10. The van der Waals surface area contributed by atoms with Crippen molar-refractivity contribution in [3.05, 3.63) is 54.5 Å². The molecule has 2 saturated heterocycles. The number of hydrogen-bond donors (Lipinski definition) is 6. The average molecular weight is 1260 g/mol. The number of aliphatic hydroxyl groups is 2. The standard InChI is InChI=1S/C62H90N10O16S/c1-6-7-29-89-50-31-53(76)72(59(50)80)36-85-37-87-60(81)67-55(38(2)3)57(78)63-32-52(75)64-42-15-11-40(12-16-42)35-86-61(82)68(5)23-24-69(25-27-84-28-26-73)62(83)88-49-30-48-45(54-39(4)9-8-10-46(49)54)21-22-71(48)58(79)47-34-70-33-43(17-20-51(70)66-47)65-56(77)41-13-18-44(74)19-14-41/h6-7,17,20,33-34,39-42,44-46,48-50,54-55,73-74H,2,8-16,18-19,21-32,35-37H2,1,3-5H3,(H,63,78)(H,64,75)(H,65,77)(H,67,81)/b7-6-/t39?,40?,41?,42?,44?,45?,46?,48?,49?,50?,54?,55-/m0/s1. The van der Waals surface area contributed by atoms with Crippen molar-refractivity contribution < 1.29 is 77.0 Å². The fraction of sp³-hybridized carbons (Fsp3) is 0.677. The Labute approximate surface area is 523 Å². The predicted molar refractivity (Wildman–Crippen MR) is 327 cm³/mol. The van der Waals surface area contributed by atoms with Crippen LogP contribution in [0.4, 0.5) is 20.1 Å². The van der Waals surface area contributed by atoms with Crippen molar-refractivity contribution >= 4 is 76.8 Å². The topological polar surface area (TPSA) is 319 Å². The number of carbonyl (C=O) groups is 9. The van der Waals surface area contributed by atoms with Gasteiger partial charge >= 0.3 is 18.3 Å². The summed E-state index contributed by atoms with van der Waals surface area (Å²) in [6.07, 6.45) is 13.5. The first-order valence-electron chi connectivity index (χ1n) is 31.4. The number of alkyl carbamates (subject to hydrolysis) is 1. The number of hydrogen-bond acceptors (Lipinski definition) is 18. The van der Waals surface area contributed by atoms with E-state index >= 15 is 0 Å². The highest BCUT2D eigenvalue weighted by atomic mass is 32.2. The van der Waals surface area contributed by atoms with Gasteiger partial charge in [-0.25, -0.2) is 19.4 Å². The Kier molecular flexibility index (Phi) is 25.1. The summed E-state index contributed by atoms with van der Waals surface area (Å²) in [6, 6.07) is 1.93. The van der Waals surface area contributed by atoms with E-state index in [0.717, 1.165) is 30.6 Å². The second kappa shape index (κ2) is 32.8. The van der Waals surface area contributed by atoms with E-state index in [1.807, 2.05) is 24.0 Å². The SMILES string of the molecule is C=C(C)[C@H](NC(=O)OCOCN1C(=O)CC(SC/C=C\C)C1=O)C(=O)NCC(=O)NC1CCC(COC(=O)N(C)CCN(CCOCCO)C(=O)OC2CC3C(CCN3C(=O)c3cn4cc(NC(=O)C5CCC(O)CC5)ccc4n3)C3C(C)CCCC23)CC1. The molecule has 0 spiro atoms. The Morgan fingerprint density at radius 2 is 1.69 bits per heavy atom. The monoisotopic (exact) mass is 1260 g/mol. The van der Waals surface area contributed by atoms with E-state index in [1.54, 1.807) is 36.0 Å². The van der Waals surface area contributed by atoms with Crippen LogP contribution in [0, 0.1) is 35.5 Å². The van der Waals surface area contributed by atoms with Gasteiger partial charge in [-0.15, -0.1) is 11.8 Å². The van der Waals surface area contributed by atoms with Crippen molar-refractivity contribution in [3.63, 3.8) is 0 Å². The van der Waals surface area contributed by atoms with Gasteiger partial charge in [0, 0.05) is 82.2 Å². The molecule has 4 heterocycles. The number of anilines is 1. The molecule has 0 radical (unpaired) electrons. The summed E-state index contributed by atoms with van der Waals surface area (Å²) in [7, 11) is 1.59.